The van der Waals surface area contributed by atoms with Gasteiger partial charge in [-0.25, -0.2) is 0 Å². The molecule has 0 aromatic carbocycles. The van der Waals surface area contributed by atoms with Gasteiger partial charge in [0.05, 0.1) is 0 Å². The molecule has 3 fully saturated rings. The van der Waals surface area contributed by atoms with Crippen LogP contribution in [0, 0.1) is 11.8 Å². The predicted octanol–water partition coefficient (Wildman–Crippen LogP) is 3.42. The summed E-state index contributed by atoms with van der Waals surface area (Å²) < 4.78 is 0. The number of hydrogen-bond donors (Lipinski definition) is 1. The second-order valence-corrected chi connectivity index (χ2v) is 7.64. The minimum Gasteiger partial charge on any atom is -0.310 e. The van der Waals surface area contributed by atoms with Crippen LogP contribution in [0.15, 0.2) is 0 Å². The number of hydrogen-bond acceptors (Lipinski definition) is 2. The van der Waals surface area contributed by atoms with Crippen molar-refractivity contribution in [2.75, 3.05) is 26.2 Å². The van der Waals surface area contributed by atoms with Gasteiger partial charge in [-0.05, 0) is 57.0 Å². The molecule has 2 aliphatic carbocycles. The fourth-order valence-electron chi connectivity index (χ4n) is 4.79. The SMILES string of the molecule is CC1CCC(CN2CCCNC3(CCCCC3)C2)C1. The van der Waals surface area contributed by atoms with Crippen molar-refractivity contribution in [1.29, 1.82) is 0 Å². The summed E-state index contributed by atoms with van der Waals surface area (Å²) >= 11 is 0. The molecule has 2 unspecified atom stereocenters. The summed E-state index contributed by atoms with van der Waals surface area (Å²) in [7, 11) is 0. The van der Waals surface area contributed by atoms with Crippen LogP contribution in [0.25, 0.3) is 0 Å². The lowest BCUT2D eigenvalue weighted by atomic mass is 9.81. The molecular formula is C17H32N2. The first-order valence-corrected chi connectivity index (χ1v) is 8.73. The van der Waals surface area contributed by atoms with E-state index >= 15 is 0 Å². The van der Waals surface area contributed by atoms with Gasteiger partial charge in [0.25, 0.3) is 0 Å². The van der Waals surface area contributed by atoms with Gasteiger partial charge < -0.3 is 10.2 Å². The molecule has 3 rings (SSSR count). The number of rotatable bonds is 2. The van der Waals surface area contributed by atoms with Gasteiger partial charge in [0.15, 0.2) is 0 Å². The van der Waals surface area contributed by atoms with Gasteiger partial charge >= 0.3 is 0 Å². The van der Waals surface area contributed by atoms with Gasteiger partial charge in [-0.1, -0.05) is 32.6 Å². The lowest BCUT2D eigenvalue weighted by Crippen LogP contribution is -2.53. The Bertz CT molecular complexity index is 283. The fraction of sp³-hybridized carbons (Fsp3) is 1.00. The lowest BCUT2D eigenvalue weighted by Gasteiger charge is -2.40. The highest BCUT2D eigenvalue weighted by Crippen LogP contribution is 2.33. The Balaban J connectivity index is 1.57. The highest BCUT2D eigenvalue weighted by molar-refractivity contribution is 4.95. The number of nitrogens with zero attached hydrogens (tertiary/aromatic N) is 1. The summed E-state index contributed by atoms with van der Waals surface area (Å²) in [6.07, 6.45) is 13.0. The van der Waals surface area contributed by atoms with Gasteiger partial charge in [0.2, 0.25) is 0 Å². The fourth-order valence-corrected chi connectivity index (χ4v) is 4.79. The molecule has 2 atom stereocenters. The van der Waals surface area contributed by atoms with E-state index in [0.717, 1.165) is 11.8 Å². The average molecular weight is 264 g/mol. The van der Waals surface area contributed by atoms with Crippen LogP contribution >= 0.6 is 0 Å². The van der Waals surface area contributed by atoms with Crippen molar-refractivity contribution < 1.29 is 0 Å². The highest BCUT2D eigenvalue weighted by Gasteiger charge is 2.35. The Morgan fingerprint density at radius 1 is 1.11 bits per heavy atom. The Morgan fingerprint density at radius 2 is 1.95 bits per heavy atom. The van der Waals surface area contributed by atoms with Gasteiger partial charge in [0, 0.05) is 18.6 Å². The van der Waals surface area contributed by atoms with Crippen LogP contribution in [-0.2, 0) is 0 Å². The van der Waals surface area contributed by atoms with Crippen LogP contribution < -0.4 is 5.32 Å². The molecule has 1 heterocycles. The third-order valence-electron chi connectivity index (χ3n) is 5.81. The van der Waals surface area contributed by atoms with Crippen molar-refractivity contribution in [1.82, 2.24) is 10.2 Å². The molecule has 1 N–H and O–H groups in total. The molecule has 0 bridgehead atoms. The standard InChI is InChI=1S/C17H32N2/c1-15-6-7-16(12-15)13-19-11-5-10-18-17(14-19)8-3-2-4-9-17/h15-16,18H,2-14H2,1H3. The maximum Gasteiger partial charge on any atom is 0.0308 e. The van der Waals surface area contributed by atoms with Gasteiger partial charge in [-0.3, -0.25) is 0 Å². The van der Waals surface area contributed by atoms with Crippen LogP contribution in [0.3, 0.4) is 0 Å². The zero-order chi connectivity index (χ0) is 13.1. The van der Waals surface area contributed by atoms with E-state index in [2.05, 4.69) is 17.1 Å². The van der Waals surface area contributed by atoms with E-state index in [4.69, 9.17) is 0 Å². The Labute approximate surface area is 119 Å². The highest BCUT2D eigenvalue weighted by atomic mass is 15.2. The van der Waals surface area contributed by atoms with Crippen molar-refractivity contribution in [3.63, 3.8) is 0 Å². The quantitative estimate of drug-likeness (QED) is 0.822. The van der Waals surface area contributed by atoms with Crippen molar-refractivity contribution in [3.8, 4) is 0 Å². The van der Waals surface area contributed by atoms with Crippen LogP contribution in [0.1, 0.15) is 64.7 Å². The van der Waals surface area contributed by atoms with Crippen LogP contribution in [-0.4, -0.2) is 36.6 Å². The van der Waals surface area contributed by atoms with E-state index in [9.17, 15) is 0 Å². The molecule has 1 aliphatic heterocycles. The average Bonchev–Trinajstić information content (AvgIpc) is 2.71. The topological polar surface area (TPSA) is 15.3 Å². The minimum absolute atomic E-state index is 0.485. The molecule has 0 aromatic heterocycles. The number of nitrogens with one attached hydrogen (secondary N) is 1. The maximum atomic E-state index is 3.92. The largest absolute Gasteiger partial charge is 0.310 e. The van der Waals surface area contributed by atoms with E-state index in [0.29, 0.717) is 5.54 Å². The Kier molecular flexibility index (Phi) is 4.48. The van der Waals surface area contributed by atoms with E-state index in [1.165, 1.54) is 84.0 Å². The molecule has 0 radical (unpaired) electrons. The van der Waals surface area contributed by atoms with Crippen molar-refractivity contribution in [3.05, 3.63) is 0 Å². The van der Waals surface area contributed by atoms with Gasteiger partial charge in [-0.2, -0.15) is 0 Å². The molecular weight excluding hydrogens is 232 g/mol. The lowest BCUT2D eigenvalue weighted by molar-refractivity contribution is 0.148. The van der Waals surface area contributed by atoms with Crippen molar-refractivity contribution in [2.45, 2.75) is 70.3 Å². The predicted molar refractivity (Wildman–Crippen MR) is 81.4 cm³/mol. The normalized spacial score (nSPS) is 36.5. The summed E-state index contributed by atoms with van der Waals surface area (Å²) in [6, 6.07) is 0. The smallest absolute Gasteiger partial charge is 0.0308 e. The zero-order valence-electron chi connectivity index (χ0n) is 12.8. The maximum absolute atomic E-state index is 3.92. The molecule has 0 aromatic rings. The first-order valence-electron chi connectivity index (χ1n) is 8.73. The van der Waals surface area contributed by atoms with Crippen LogP contribution in [0.5, 0.6) is 0 Å². The molecule has 1 saturated heterocycles. The van der Waals surface area contributed by atoms with Crippen molar-refractivity contribution in [2.24, 2.45) is 11.8 Å². The summed E-state index contributed by atoms with van der Waals surface area (Å²) in [6.45, 7) is 7.73. The Hall–Kier alpha value is -0.0800. The molecule has 3 aliphatic rings. The van der Waals surface area contributed by atoms with Gasteiger partial charge in [0.1, 0.15) is 0 Å². The summed E-state index contributed by atoms with van der Waals surface area (Å²) in [4.78, 5) is 2.81. The van der Waals surface area contributed by atoms with Gasteiger partial charge in [-0.15, -0.1) is 0 Å². The second-order valence-electron chi connectivity index (χ2n) is 7.64. The van der Waals surface area contributed by atoms with Crippen LogP contribution in [0.2, 0.25) is 0 Å². The monoisotopic (exact) mass is 264 g/mol. The molecule has 1 spiro atoms. The first-order chi connectivity index (χ1) is 9.26. The zero-order valence-corrected chi connectivity index (χ0v) is 12.8. The molecule has 0 amide bonds. The third kappa shape index (κ3) is 3.52. The second kappa shape index (κ2) is 6.13. The summed E-state index contributed by atoms with van der Waals surface area (Å²) in [5.41, 5.74) is 0.485. The molecule has 19 heavy (non-hydrogen) atoms. The van der Waals surface area contributed by atoms with Crippen molar-refractivity contribution >= 4 is 0 Å². The molecule has 2 saturated carbocycles. The van der Waals surface area contributed by atoms with E-state index in [1.807, 2.05) is 0 Å². The molecule has 110 valence electrons. The first kappa shape index (κ1) is 13.9. The third-order valence-corrected chi connectivity index (χ3v) is 5.81. The summed E-state index contributed by atoms with van der Waals surface area (Å²) in [5, 5.41) is 3.92. The minimum atomic E-state index is 0.485. The molecule has 2 heteroatoms. The van der Waals surface area contributed by atoms with Crippen LogP contribution in [0.4, 0.5) is 0 Å². The summed E-state index contributed by atoms with van der Waals surface area (Å²) in [5.74, 6) is 1.98. The van der Waals surface area contributed by atoms with E-state index < -0.39 is 0 Å². The van der Waals surface area contributed by atoms with E-state index in [1.54, 1.807) is 0 Å². The Morgan fingerprint density at radius 3 is 2.68 bits per heavy atom. The molecule has 2 nitrogen and oxygen atoms in total. The van der Waals surface area contributed by atoms with E-state index in [-0.39, 0.29) is 0 Å².